The second-order valence-electron chi connectivity index (χ2n) is 6.68. The molecule has 0 aromatic heterocycles. The van der Waals surface area contributed by atoms with Crippen molar-refractivity contribution in [2.24, 2.45) is 23.2 Å². The molecule has 0 heterocycles. The molecule has 0 aromatic carbocycles. The van der Waals surface area contributed by atoms with Gasteiger partial charge in [-0.25, -0.2) is 0 Å². The maximum absolute atomic E-state index is 10.0. The SMILES string of the molecule is N#C/C=C/C(O)CC12CC3CC(CC(C3)C1)C2. The van der Waals surface area contributed by atoms with Gasteiger partial charge in [-0.1, -0.05) is 0 Å². The zero-order chi connectivity index (χ0) is 11.9. The van der Waals surface area contributed by atoms with Gasteiger partial charge in [0.05, 0.1) is 12.2 Å². The minimum Gasteiger partial charge on any atom is -0.389 e. The predicted octanol–water partition coefficient (Wildman–Crippen LogP) is 3.03. The van der Waals surface area contributed by atoms with Crippen LogP contribution in [-0.4, -0.2) is 11.2 Å². The maximum Gasteiger partial charge on any atom is 0.0909 e. The van der Waals surface area contributed by atoms with Crippen molar-refractivity contribution in [3.63, 3.8) is 0 Å². The molecule has 0 saturated heterocycles. The Morgan fingerprint density at radius 3 is 2.18 bits per heavy atom. The van der Waals surface area contributed by atoms with Crippen LogP contribution in [0.15, 0.2) is 12.2 Å². The molecule has 4 rings (SSSR count). The lowest BCUT2D eigenvalue weighted by Crippen LogP contribution is -2.47. The van der Waals surface area contributed by atoms with E-state index in [2.05, 4.69) is 0 Å². The summed E-state index contributed by atoms with van der Waals surface area (Å²) in [6, 6.07) is 1.97. The summed E-state index contributed by atoms with van der Waals surface area (Å²) >= 11 is 0. The highest BCUT2D eigenvalue weighted by molar-refractivity contribution is 5.08. The number of aliphatic hydroxyl groups excluding tert-OH is 1. The fraction of sp³-hybridized carbons (Fsp3) is 0.800. The van der Waals surface area contributed by atoms with E-state index in [1.54, 1.807) is 6.08 Å². The standard InChI is InChI=1S/C15H21NO/c16-3-1-2-14(17)10-15-7-11-4-12(8-15)6-13(5-11)9-15/h1-2,11-14,17H,4-10H2/b2-1+. The van der Waals surface area contributed by atoms with Gasteiger partial charge in [0.25, 0.3) is 0 Å². The van der Waals surface area contributed by atoms with Crippen molar-refractivity contribution in [3.8, 4) is 6.07 Å². The lowest BCUT2D eigenvalue weighted by Gasteiger charge is -2.57. The zero-order valence-electron chi connectivity index (χ0n) is 10.3. The van der Waals surface area contributed by atoms with Crippen LogP contribution in [0.3, 0.4) is 0 Å². The van der Waals surface area contributed by atoms with Crippen LogP contribution in [0.2, 0.25) is 0 Å². The van der Waals surface area contributed by atoms with Crippen molar-refractivity contribution in [3.05, 3.63) is 12.2 Å². The van der Waals surface area contributed by atoms with Gasteiger partial charge >= 0.3 is 0 Å². The number of hydrogen-bond donors (Lipinski definition) is 1. The molecule has 0 amide bonds. The van der Waals surface area contributed by atoms with Crippen molar-refractivity contribution in [2.75, 3.05) is 0 Å². The van der Waals surface area contributed by atoms with Gasteiger partial charge in [0, 0.05) is 6.08 Å². The molecule has 92 valence electrons. The molecule has 2 nitrogen and oxygen atoms in total. The third-order valence-electron chi connectivity index (χ3n) is 5.20. The van der Waals surface area contributed by atoms with Gasteiger partial charge < -0.3 is 5.11 Å². The highest BCUT2D eigenvalue weighted by atomic mass is 16.3. The first-order valence-electron chi connectivity index (χ1n) is 6.93. The van der Waals surface area contributed by atoms with E-state index in [9.17, 15) is 5.11 Å². The molecule has 1 N–H and O–H groups in total. The monoisotopic (exact) mass is 231 g/mol. The molecule has 0 radical (unpaired) electrons. The Morgan fingerprint density at radius 2 is 1.71 bits per heavy atom. The summed E-state index contributed by atoms with van der Waals surface area (Å²) in [4.78, 5) is 0. The Kier molecular flexibility index (Phi) is 2.75. The van der Waals surface area contributed by atoms with Crippen LogP contribution in [0.1, 0.15) is 44.9 Å². The van der Waals surface area contributed by atoms with Crippen molar-refractivity contribution >= 4 is 0 Å². The highest BCUT2D eigenvalue weighted by Gasteiger charge is 2.50. The number of hydrogen-bond acceptors (Lipinski definition) is 2. The highest BCUT2D eigenvalue weighted by Crippen LogP contribution is 2.61. The first-order valence-corrected chi connectivity index (χ1v) is 6.93. The average Bonchev–Trinajstić information content (AvgIpc) is 2.23. The van der Waals surface area contributed by atoms with Gasteiger partial charge in [-0.2, -0.15) is 5.26 Å². The van der Waals surface area contributed by atoms with Gasteiger partial charge in [-0.15, -0.1) is 0 Å². The van der Waals surface area contributed by atoms with Crippen LogP contribution in [0.25, 0.3) is 0 Å². The number of nitrogens with zero attached hydrogens (tertiary/aromatic N) is 1. The van der Waals surface area contributed by atoms with Crippen molar-refractivity contribution in [1.29, 1.82) is 5.26 Å². The van der Waals surface area contributed by atoms with Crippen molar-refractivity contribution in [2.45, 2.75) is 51.0 Å². The summed E-state index contributed by atoms with van der Waals surface area (Å²) in [5.41, 5.74) is 0.411. The Morgan fingerprint density at radius 1 is 1.18 bits per heavy atom. The van der Waals surface area contributed by atoms with E-state index < -0.39 is 6.10 Å². The molecule has 0 aliphatic heterocycles. The van der Waals surface area contributed by atoms with E-state index >= 15 is 0 Å². The average molecular weight is 231 g/mol. The van der Waals surface area contributed by atoms with Crippen LogP contribution in [0.4, 0.5) is 0 Å². The lowest BCUT2D eigenvalue weighted by molar-refractivity contribution is -0.0705. The minimum atomic E-state index is -0.411. The van der Waals surface area contributed by atoms with Crippen LogP contribution in [-0.2, 0) is 0 Å². The van der Waals surface area contributed by atoms with E-state index in [0.29, 0.717) is 5.41 Å². The molecule has 4 saturated carbocycles. The van der Waals surface area contributed by atoms with Crippen LogP contribution < -0.4 is 0 Å². The Hall–Kier alpha value is -0.810. The normalized spacial score (nSPS) is 45.1. The molecule has 17 heavy (non-hydrogen) atoms. The topological polar surface area (TPSA) is 44.0 Å². The quantitative estimate of drug-likeness (QED) is 0.759. The molecule has 0 aromatic rings. The second kappa shape index (κ2) is 4.14. The molecule has 2 heteroatoms. The largest absolute Gasteiger partial charge is 0.389 e. The zero-order valence-corrected chi connectivity index (χ0v) is 10.3. The molecule has 4 bridgehead atoms. The minimum absolute atomic E-state index is 0.411. The molecule has 4 aliphatic rings. The number of rotatable bonds is 3. The third kappa shape index (κ3) is 2.13. The van der Waals surface area contributed by atoms with Crippen LogP contribution >= 0.6 is 0 Å². The number of nitriles is 1. The second-order valence-corrected chi connectivity index (χ2v) is 6.68. The van der Waals surface area contributed by atoms with Gasteiger partial charge in [-0.05, 0) is 74.2 Å². The molecule has 0 spiro atoms. The summed E-state index contributed by atoms with van der Waals surface area (Å²) < 4.78 is 0. The first kappa shape index (κ1) is 11.3. The summed E-state index contributed by atoms with van der Waals surface area (Å²) in [5, 5.41) is 18.5. The summed E-state index contributed by atoms with van der Waals surface area (Å²) in [6.07, 6.45) is 11.9. The predicted molar refractivity (Wildman–Crippen MR) is 66.0 cm³/mol. The smallest absolute Gasteiger partial charge is 0.0909 e. The van der Waals surface area contributed by atoms with Gasteiger partial charge in [0.1, 0.15) is 0 Å². The Balaban J connectivity index is 1.70. The summed E-state index contributed by atoms with van der Waals surface area (Å²) in [5.74, 6) is 2.81. The van der Waals surface area contributed by atoms with Gasteiger partial charge in [0.2, 0.25) is 0 Å². The molecular weight excluding hydrogens is 210 g/mol. The van der Waals surface area contributed by atoms with Crippen LogP contribution in [0, 0.1) is 34.5 Å². The fourth-order valence-electron chi connectivity index (χ4n) is 5.21. The van der Waals surface area contributed by atoms with Crippen LogP contribution in [0.5, 0.6) is 0 Å². The molecular formula is C15H21NO. The lowest BCUT2D eigenvalue weighted by atomic mass is 9.48. The van der Waals surface area contributed by atoms with Crippen molar-refractivity contribution < 1.29 is 5.11 Å². The summed E-state index contributed by atoms with van der Waals surface area (Å²) in [6.45, 7) is 0. The number of allylic oxidation sites excluding steroid dienone is 1. The Bertz CT molecular complexity index is 330. The van der Waals surface area contributed by atoms with E-state index in [1.165, 1.54) is 44.6 Å². The van der Waals surface area contributed by atoms with E-state index in [1.807, 2.05) is 6.07 Å². The third-order valence-corrected chi connectivity index (χ3v) is 5.20. The van der Waals surface area contributed by atoms with E-state index in [-0.39, 0.29) is 0 Å². The molecule has 4 aliphatic carbocycles. The summed E-state index contributed by atoms with van der Waals surface area (Å²) in [7, 11) is 0. The molecule has 1 atom stereocenters. The van der Waals surface area contributed by atoms with E-state index in [0.717, 1.165) is 24.2 Å². The maximum atomic E-state index is 10.0. The Labute approximate surface area is 103 Å². The molecule has 1 unspecified atom stereocenters. The van der Waals surface area contributed by atoms with E-state index in [4.69, 9.17) is 5.26 Å². The number of aliphatic hydroxyl groups is 1. The van der Waals surface area contributed by atoms with Gasteiger partial charge in [0.15, 0.2) is 0 Å². The van der Waals surface area contributed by atoms with Gasteiger partial charge in [-0.3, -0.25) is 0 Å². The fourth-order valence-corrected chi connectivity index (χ4v) is 5.21. The molecule has 4 fully saturated rings. The van der Waals surface area contributed by atoms with Crippen molar-refractivity contribution in [1.82, 2.24) is 0 Å². The first-order chi connectivity index (χ1) is 8.19.